The number of amidine groups is 1. The highest BCUT2D eigenvalue weighted by atomic mass is 79.9. The first-order valence-corrected chi connectivity index (χ1v) is 7.34. The molecule has 22 heavy (non-hydrogen) atoms. The molecule has 1 aliphatic heterocycles. The molecular formula is C11H7BrF3N3O3S. The van der Waals surface area contributed by atoms with Crippen molar-refractivity contribution in [1.82, 2.24) is 5.32 Å². The van der Waals surface area contributed by atoms with E-state index in [9.17, 15) is 23.1 Å². The molecule has 1 saturated heterocycles. The minimum absolute atomic E-state index is 0.00639. The number of hydrogen-bond donors (Lipinski definition) is 2. The van der Waals surface area contributed by atoms with Crippen molar-refractivity contribution in [3.8, 4) is 11.5 Å². The van der Waals surface area contributed by atoms with Crippen LogP contribution in [-0.2, 0) is 4.79 Å². The highest BCUT2D eigenvalue weighted by Crippen LogP contribution is 2.34. The molecule has 2 N–H and O–H groups in total. The van der Waals surface area contributed by atoms with Crippen LogP contribution in [0.25, 0.3) is 0 Å². The molecule has 0 atom stereocenters. The number of aromatic hydroxyl groups is 1. The fourth-order valence-corrected chi connectivity index (χ4v) is 2.49. The number of benzene rings is 1. The van der Waals surface area contributed by atoms with Gasteiger partial charge in [-0.05, 0) is 28.1 Å². The lowest BCUT2D eigenvalue weighted by atomic mass is 10.2. The van der Waals surface area contributed by atoms with Crippen LogP contribution in [0.5, 0.6) is 11.5 Å². The first kappa shape index (κ1) is 16.6. The molecule has 1 heterocycles. The Balaban J connectivity index is 2.21. The molecule has 1 aromatic rings. The minimum atomic E-state index is -4.85. The minimum Gasteiger partial charge on any atom is -0.506 e. The van der Waals surface area contributed by atoms with Crippen molar-refractivity contribution in [3.63, 3.8) is 0 Å². The molecule has 0 aliphatic carbocycles. The fraction of sp³-hybridized carbons (Fsp3) is 0.182. The third kappa shape index (κ3) is 4.63. The zero-order valence-corrected chi connectivity index (χ0v) is 12.9. The molecule has 0 unspecified atom stereocenters. The zero-order valence-electron chi connectivity index (χ0n) is 10.5. The molecule has 1 aromatic carbocycles. The van der Waals surface area contributed by atoms with Crippen LogP contribution >= 0.6 is 27.7 Å². The lowest BCUT2D eigenvalue weighted by Gasteiger charge is -2.10. The summed E-state index contributed by atoms with van der Waals surface area (Å²) in [6, 6.07) is 1.93. The first-order valence-electron chi connectivity index (χ1n) is 5.56. The largest absolute Gasteiger partial charge is 0.573 e. The van der Waals surface area contributed by atoms with Crippen molar-refractivity contribution in [2.45, 2.75) is 6.36 Å². The number of ether oxygens (including phenoxy) is 1. The highest BCUT2D eigenvalue weighted by Gasteiger charge is 2.31. The van der Waals surface area contributed by atoms with Gasteiger partial charge in [-0.25, -0.2) is 0 Å². The molecular weight excluding hydrogens is 391 g/mol. The van der Waals surface area contributed by atoms with Crippen LogP contribution in [0, 0.1) is 0 Å². The Bertz CT molecular complexity index is 664. The van der Waals surface area contributed by atoms with Crippen LogP contribution in [0.3, 0.4) is 0 Å². The molecule has 6 nitrogen and oxygen atoms in total. The maximum atomic E-state index is 12.2. The predicted molar refractivity (Wildman–Crippen MR) is 78.1 cm³/mol. The number of halogens is 4. The Labute approximate surface area is 134 Å². The molecule has 0 spiro atoms. The lowest BCUT2D eigenvalue weighted by molar-refractivity contribution is -0.274. The van der Waals surface area contributed by atoms with Crippen molar-refractivity contribution < 1.29 is 27.8 Å². The van der Waals surface area contributed by atoms with Crippen molar-refractivity contribution in [1.29, 1.82) is 0 Å². The summed E-state index contributed by atoms with van der Waals surface area (Å²) in [7, 11) is 0. The molecule has 1 fully saturated rings. The van der Waals surface area contributed by atoms with Crippen LogP contribution in [0.15, 0.2) is 26.8 Å². The van der Waals surface area contributed by atoms with E-state index < -0.39 is 12.1 Å². The summed E-state index contributed by atoms with van der Waals surface area (Å²) in [5.41, 5.74) is -0.0349. The van der Waals surface area contributed by atoms with Crippen molar-refractivity contribution >= 4 is 45.0 Å². The summed E-state index contributed by atoms with van der Waals surface area (Å²) in [6.45, 7) is 0. The molecule has 2 rings (SSSR count). The molecule has 0 bridgehead atoms. The number of amides is 1. The predicted octanol–water partition coefficient (Wildman–Crippen LogP) is 2.61. The molecule has 1 amide bonds. The number of carbonyl (C=O) groups excluding carboxylic acids is 1. The van der Waals surface area contributed by atoms with E-state index in [0.717, 1.165) is 30.1 Å². The van der Waals surface area contributed by atoms with Crippen molar-refractivity contribution in [3.05, 3.63) is 22.2 Å². The van der Waals surface area contributed by atoms with E-state index in [2.05, 4.69) is 36.2 Å². The fourth-order valence-electron chi connectivity index (χ4n) is 1.41. The smallest absolute Gasteiger partial charge is 0.506 e. The number of alkyl halides is 3. The molecule has 1 aliphatic rings. The summed E-state index contributed by atoms with van der Waals surface area (Å²) in [4.78, 5) is 10.9. The maximum absolute atomic E-state index is 12.2. The van der Waals surface area contributed by atoms with E-state index in [-0.39, 0.29) is 32.6 Å². The van der Waals surface area contributed by atoms with Gasteiger partial charge < -0.3 is 15.2 Å². The summed E-state index contributed by atoms with van der Waals surface area (Å²) in [6.07, 6.45) is -3.81. The standard InChI is InChI=1S/C11H7BrF3N3O3S/c12-7-2-6(21-11(13,14)15)1-5(9(7)20)3-16-18-10-17-8(19)4-22-10/h1-3,20H,4H2,(H,17,18,19). The summed E-state index contributed by atoms with van der Waals surface area (Å²) in [5, 5.41) is 19.7. The number of phenolic OH excluding ortho intramolecular Hbond substituents is 1. The van der Waals surface area contributed by atoms with E-state index in [0.29, 0.717) is 0 Å². The van der Waals surface area contributed by atoms with Crippen molar-refractivity contribution in [2.24, 2.45) is 10.2 Å². The van der Waals surface area contributed by atoms with E-state index in [1.54, 1.807) is 0 Å². The zero-order chi connectivity index (χ0) is 16.3. The Morgan fingerprint density at radius 1 is 1.45 bits per heavy atom. The summed E-state index contributed by atoms with van der Waals surface area (Å²) < 4.78 is 40.4. The van der Waals surface area contributed by atoms with Gasteiger partial charge in [0.15, 0.2) is 5.17 Å². The second-order valence-corrected chi connectivity index (χ2v) is 5.70. The average Bonchev–Trinajstić information content (AvgIpc) is 2.79. The van der Waals surface area contributed by atoms with Gasteiger partial charge in [0.1, 0.15) is 11.5 Å². The van der Waals surface area contributed by atoms with E-state index in [1.165, 1.54) is 0 Å². The number of hydrogen-bond acceptors (Lipinski definition) is 6. The summed E-state index contributed by atoms with van der Waals surface area (Å²) in [5.74, 6) is -0.832. The molecule has 11 heteroatoms. The van der Waals surface area contributed by atoms with Gasteiger partial charge in [-0.2, -0.15) is 5.10 Å². The van der Waals surface area contributed by atoms with Gasteiger partial charge >= 0.3 is 6.36 Å². The average molecular weight is 398 g/mol. The van der Waals surface area contributed by atoms with Gasteiger partial charge in [-0.3, -0.25) is 4.79 Å². The Hall–Kier alpha value is -1.75. The molecule has 0 aromatic heterocycles. The quantitative estimate of drug-likeness (QED) is 0.606. The molecule has 0 saturated carbocycles. The van der Waals surface area contributed by atoms with Crippen molar-refractivity contribution in [2.75, 3.05) is 5.75 Å². The van der Waals surface area contributed by atoms with Crippen LogP contribution in [0.2, 0.25) is 0 Å². The Kier molecular flexibility index (Phi) is 4.96. The second kappa shape index (κ2) is 6.57. The number of thioether (sulfide) groups is 1. The first-order chi connectivity index (χ1) is 10.2. The highest BCUT2D eigenvalue weighted by molar-refractivity contribution is 9.10. The number of carbonyl (C=O) groups is 1. The van der Waals surface area contributed by atoms with Gasteiger partial charge in [-0.1, -0.05) is 11.8 Å². The van der Waals surface area contributed by atoms with Gasteiger partial charge in [-0.15, -0.1) is 18.3 Å². The monoisotopic (exact) mass is 397 g/mol. The topological polar surface area (TPSA) is 83.3 Å². The molecule has 118 valence electrons. The number of rotatable bonds is 3. The number of nitrogens with one attached hydrogen (secondary N) is 1. The Morgan fingerprint density at radius 2 is 2.18 bits per heavy atom. The van der Waals surface area contributed by atoms with Crippen LogP contribution in [0.1, 0.15) is 5.56 Å². The Morgan fingerprint density at radius 3 is 2.77 bits per heavy atom. The van der Waals surface area contributed by atoms with Gasteiger partial charge in [0, 0.05) is 5.56 Å². The molecule has 0 radical (unpaired) electrons. The van der Waals surface area contributed by atoms with Gasteiger partial charge in [0.2, 0.25) is 5.91 Å². The van der Waals surface area contributed by atoms with E-state index in [4.69, 9.17) is 0 Å². The van der Waals surface area contributed by atoms with Crippen LogP contribution in [0.4, 0.5) is 13.2 Å². The SMILES string of the molecule is O=C1CSC(=NN=Cc2cc(OC(F)(F)F)cc(Br)c2O)N1. The van der Waals surface area contributed by atoms with Gasteiger partial charge in [0.05, 0.1) is 16.4 Å². The van der Waals surface area contributed by atoms with E-state index >= 15 is 0 Å². The third-order valence-corrected chi connectivity index (χ3v) is 3.70. The van der Waals surface area contributed by atoms with E-state index in [1.807, 2.05) is 0 Å². The number of nitrogens with zero attached hydrogens (tertiary/aromatic N) is 2. The lowest BCUT2D eigenvalue weighted by Crippen LogP contribution is -2.19. The number of phenols is 1. The maximum Gasteiger partial charge on any atom is 0.573 e. The second-order valence-electron chi connectivity index (χ2n) is 3.88. The normalized spacial score (nSPS) is 17.3. The summed E-state index contributed by atoms with van der Waals surface area (Å²) >= 11 is 4.05. The van der Waals surface area contributed by atoms with Crippen LogP contribution in [-0.4, -0.2) is 34.5 Å². The van der Waals surface area contributed by atoms with Crippen LogP contribution < -0.4 is 10.1 Å². The third-order valence-electron chi connectivity index (χ3n) is 2.23. The van der Waals surface area contributed by atoms with Gasteiger partial charge in [0.25, 0.3) is 0 Å².